The number of benzene rings is 1. The predicted octanol–water partition coefficient (Wildman–Crippen LogP) is 3.14. The summed E-state index contributed by atoms with van der Waals surface area (Å²) in [4.78, 5) is 21.0. The van der Waals surface area contributed by atoms with Gasteiger partial charge in [-0.15, -0.1) is 0 Å². The highest BCUT2D eigenvalue weighted by atomic mass is 35.5. The summed E-state index contributed by atoms with van der Waals surface area (Å²) < 4.78 is 6.92. The normalized spacial score (nSPS) is 12.2. The van der Waals surface area contributed by atoms with E-state index >= 15 is 0 Å². The van der Waals surface area contributed by atoms with Crippen LogP contribution in [0.3, 0.4) is 0 Å². The first kappa shape index (κ1) is 17.5. The topological polar surface area (TPSA) is 81.9 Å². The number of aromatic nitrogens is 4. The predicted molar refractivity (Wildman–Crippen MR) is 98.3 cm³/mol. The molecule has 0 saturated heterocycles. The maximum atomic E-state index is 12.5. The van der Waals surface area contributed by atoms with Crippen LogP contribution in [-0.2, 0) is 11.8 Å². The lowest BCUT2D eigenvalue weighted by molar-refractivity contribution is -0.115. The Morgan fingerprint density at radius 1 is 1.40 bits per heavy atom. The van der Waals surface area contributed by atoms with Crippen LogP contribution < -0.4 is 10.1 Å². The zero-order chi connectivity index (χ0) is 18.0. The van der Waals surface area contributed by atoms with Gasteiger partial charge in [0.2, 0.25) is 5.91 Å². The maximum Gasteiger partial charge on any atom is 0.237 e. The van der Waals surface area contributed by atoms with E-state index in [2.05, 4.69) is 20.4 Å². The molecule has 1 amide bonds. The number of rotatable bonds is 5. The lowest BCUT2D eigenvalue weighted by Crippen LogP contribution is -2.22. The van der Waals surface area contributed by atoms with Gasteiger partial charge in [0.1, 0.15) is 17.1 Å². The molecule has 9 heteroatoms. The number of carbonyl (C=O) groups is 1. The Morgan fingerprint density at radius 3 is 2.96 bits per heavy atom. The Bertz CT molecular complexity index is 930. The van der Waals surface area contributed by atoms with Crippen molar-refractivity contribution in [3.63, 3.8) is 0 Å². The van der Waals surface area contributed by atoms with E-state index in [1.54, 1.807) is 36.0 Å². The molecule has 3 aromatic rings. The van der Waals surface area contributed by atoms with Gasteiger partial charge in [0.25, 0.3) is 0 Å². The quantitative estimate of drug-likeness (QED) is 0.543. The Labute approximate surface area is 153 Å². The van der Waals surface area contributed by atoms with Crippen LogP contribution in [0.5, 0.6) is 5.75 Å². The van der Waals surface area contributed by atoms with E-state index in [1.807, 2.05) is 7.05 Å². The molecule has 0 fully saturated rings. The molecule has 1 unspecified atom stereocenters. The highest BCUT2D eigenvalue weighted by molar-refractivity contribution is 8.00. The Hall–Kier alpha value is -2.32. The van der Waals surface area contributed by atoms with Crippen molar-refractivity contribution < 1.29 is 9.53 Å². The van der Waals surface area contributed by atoms with Gasteiger partial charge in [0, 0.05) is 12.1 Å². The SMILES string of the molecule is COc1ccc(Cl)cc1NC(=O)C(C)Sc1ncnc2c1cnn2C. The molecule has 3 rings (SSSR count). The molecule has 25 heavy (non-hydrogen) atoms. The van der Waals surface area contributed by atoms with Crippen LogP contribution in [-0.4, -0.2) is 38.0 Å². The maximum absolute atomic E-state index is 12.5. The van der Waals surface area contributed by atoms with Crippen molar-refractivity contribution in [2.24, 2.45) is 7.05 Å². The van der Waals surface area contributed by atoms with Crippen molar-refractivity contribution in [2.75, 3.05) is 12.4 Å². The van der Waals surface area contributed by atoms with Gasteiger partial charge in [0.05, 0.1) is 29.6 Å². The number of aryl methyl sites for hydroxylation is 1. The van der Waals surface area contributed by atoms with Crippen molar-refractivity contribution in [3.05, 3.63) is 35.7 Å². The minimum atomic E-state index is -0.387. The first-order valence-corrected chi connectivity index (χ1v) is 8.69. The van der Waals surface area contributed by atoms with Crippen molar-refractivity contribution in [1.29, 1.82) is 0 Å². The van der Waals surface area contributed by atoms with Crippen LogP contribution in [0.2, 0.25) is 5.02 Å². The Kier molecular flexibility index (Phi) is 5.10. The number of hydrogen-bond acceptors (Lipinski definition) is 6. The third kappa shape index (κ3) is 3.69. The number of fused-ring (bicyclic) bond motifs is 1. The summed E-state index contributed by atoms with van der Waals surface area (Å²) in [6.07, 6.45) is 3.17. The average molecular weight is 378 g/mol. The highest BCUT2D eigenvalue weighted by Crippen LogP contribution is 2.31. The van der Waals surface area contributed by atoms with E-state index in [4.69, 9.17) is 16.3 Å². The number of carbonyl (C=O) groups excluding carboxylic acids is 1. The van der Waals surface area contributed by atoms with Crippen LogP contribution in [0.4, 0.5) is 5.69 Å². The fraction of sp³-hybridized carbons (Fsp3) is 0.250. The first-order valence-electron chi connectivity index (χ1n) is 7.43. The molecular weight excluding hydrogens is 362 g/mol. The number of nitrogens with zero attached hydrogens (tertiary/aromatic N) is 4. The zero-order valence-corrected chi connectivity index (χ0v) is 15.4. The molecule has 1 N–H and O–H groups in total. The van der Waals surface area contributed by atoms with E-state index in [9.17, 15) is 4.79 Å². The Balaban J connectivity index is 1.78. The van der Waals surface area contributed by atoms with Crippen LogP contribution >= 0.6 is 23.4 Å². The van der Waals surface area contributed by atoms with Gasteiger partial charge >= 0.3 is 0 Å². The average Bonchev–Trinajstić information content (AvgIpc) is 2.97. The van der Waals surface area contributed by atoms with Gasteiger partial charge in [-0.05, 0) is 25.1 Å². The lowest BCUT2D eigenvalue weighted by atomic mass is 10.3. The molecule has 0 saturated carbocycles. The summed E-state index contributed by atoms with van der Waals surface area (Å²) in [5, 5.41) is 8.67. The number of halogens is 1. The second kappa shape index (κ2) is 7.28. The molecule has 0 spiro atoms. The molecule has 0 aliphatic rings. The number of hydrogen-bond donors (Lipinski definition) is 1. The fourth-order valence-electron chi connectivity index (χ4n) is 2.27. The van der Waals surface area contributed by atoms with E-state index < -0.39 is 0 Å². The number of anilines is 1. The molecule has 0 radical (unpaired) electrons. The van der Waals surface area contributed by atoms with Crippen LogP contribution in [0.1, 0.15) is 6.92 Å². The van der Waals surface area contributed by atoms with Crippen LogP contribution in [0, 0.1) is 0 Å². The first-order chi connectivity index (χ1) is 12.0. The lowest BCUT2D eigenvalue weighted by Gasteiger charge is -2.14. The van der Waals surface area contributed by atoms with E-state index in [0.717, 1.165) is 11.0 Å². The molecule has 7 nitrogen and oxygen atoms in total. The summed E-state index contributed by atoms with van der Waals surface area (Å²) in [6.45, 7) is 1.81. The van der Waals surface area contributed by atoms with Crippen LogP contribution in [0.15, 0.2) is 35.7 Å². The molecule has 0 aliphatic carbocycles. The summed E-state index contributed by atoms with van der Waals surface area (Å²) in [5.41, 5.74) is 1.25. The zero-order valence-electron chi connectivity index (χ0n) is 13.9. The van der Waals surface area contributed by atoms with Crippen molar-refractivity contribution in [1.82, 2.24) is 19.7 Å². The molecule has 1 aromatic carbocycles. The van der Waals surface area contributed by atoms with Gasteiger partial charge < -0.3 is 10.1 Å². The highest BCUT2D eigenvalue weighted by Gasteiger charge is 2.19. The molecule has 2 aromatic heterocycles. The second-order valence-corrected chi connectivity index (χ2v) is 7.04. The molecule has 0 bridgehead atoms. The second-order valence-electron chi connectivity index (χ2n) is 5.28. The van der Waals surface area contributed by atoms with Gasteiger partial charge in [-0.25, -0.2) is 9.97 Å². The van der Waals surface area contributed by atoms with Crippen molar-refractivity contribution in [2.45, 2.75) is 17.2 Å². The fourth-order valence-corrected chi connectivity index (χ4v) is 3.32. The summed E-state index contributed by atoms with van der Waals surface area (Å²) in [6, 6.07) is 5.06. The van der Waals surface area contributed by atoms with Gasteiger partial charge in [-0.1, -0.05) is 23.4 Å². The van der Waals surface area contributed by atoms with Gasteiger partial charge in [-0.2, -0.15) is 5.10 Å². The smallest absolute Gasteiger partial charge is 0.237 e. The third-order valence-corrected chi connectivity index (χ3v) is 4.92. The molecule has 130 valence electrons. The largest absolute Gasteiger partial charge is 0.495 e. The summed E-state index contributed by atoms with van der Waals surface area (Å²) in [7, 11) is 3.35. The van der Waals surface area contributed by atoms with Crippen molar-refractivity contribution in [3.8, 4) is 5.75 Å². The molecular formula is C16H16ClN5O2S. The van der Waals surface area contributed by atoms with Crippen LogP contribution in [0.25, 0.3) is 11.0 Å². The minimum Gasteiger partial charge on any atom is -0.495 e. The Morgan fingerprint density at radius 2 is 2.20 bits per heavy atom. The number of methoxy groups -OCH3 is 1. The van der Waals surface area contributed by atoms with Crippen molar-refractivity contribution >= 4 is 46.0 Å². The summed E-state index contributed by atoms with van der Waals surface area (Å²) in [5.74, 6) is 0.368. The number of nitrogens with one attached hydrogen (secondary N) is 1. The number of ether oxygens (including phenoxy) is 1. The van der Waals surface area contributed by atoms with Gasteiger partial charge in [0.15, 0.2) is 5.65 Å². The van der Waals surface area contributed by atoms with Gasteiger partial charge in [-0.3, -0.25) is 9.48 Å². The van der Waals surface area contributed by atoms with E-state index in [0.29, 0.717) is 21.5 Å². The van der Waals surface area contributed by atoms with E-state index in [1.165, 1.54) is 25.2 Å². The standard InChI is InChI=1S/C16H16ClN5O2S/c1-9(15(23)21-12-6-10(17)4-5-13(12)24-3)25-16-11-7-20-22(2)14(11)18-8-19-16/h4-9H,1-3H3,(H,21,23). The minimum absolute atomic E-state index is 0.179. The third-order valence-electron chi connectivity index (χ3n) is 3.57. The molecule has 1 atom stereocenters. The monoisotopic (exact) mass is 377 g/mol. The van der Waals surface area contributed by atoms with E-state index in [-0.39, 0.29) is 11.2 Å². The molecule has 2 heterocycles. The number of amides is 1. The number of thioether (sulfide) groups is 1. The summed E-state index contributed by atoms with van der Waals surface area (Å²) >= 11 is 7.34. The molecule has 0 aliphatic heterocycles.